The highest BCUT2D eigenvalue weighted by molar-refractivity contribution is 5.80. The van der Waals surface area contributed by atoms with Gasteiger partial charge >= 0.3 is 0 Å². The first-order valence-corrected chi connectivity index (χ1v) is 6.19. The minimum Gasteiger partial charge on any atom is -0.508 e. The molecule has 4 heteroatoms. The molecular weight excluding hydrogens is 228 g/mol. The summed E-state index contributed by atoms with van der Waals surface area (Å²) < 4.78 is 0. The van der Waals surface area contributed by atoms with Gasteiger partial charge in [-0.25, -0.2) is 0 Å². The number of amides is 1. The Morgan fingerprint density at radius 1 is 1.39 bits per heavy atom. The summed E-state index contributed by atoms with van der Waals surface area (Å²) in [6, 6.07) is 7.25. The number of nitrogens with one attached hydrogen (secondary N) is 1. The number of nitrogens with two attached hydrogens (primary N) is 1. The fourth-order valence-corrected chi connectivity index (χ4v) is 1.67. The molecule has 0 aliphatic rings. The first-order valence-electron chi connectivity index (χ1n) is 6.19. The van der Waals surface area contributed by atoms with Gasteiger partial charge in [0.05, 0.1) is 5.41 Å². The average Bonchev–Trinajstić information content (AvgIpc) is 2.31. The second-order valence-corrected chi connectivity index (χ2v) is 5.18. The Kier molecular flexibility index (Phi) is 4.73. The van der Waals surface area contributed by atoms with Gasteiger partial charge in [0.15, 0.2) is 0 Å². The first kappa shape index (κ1) is 14.5. The van der Waals surface area contributed by atoms with Crippen LogP contribution in [0.2, 0.25) is 0 Å². The molecule has 0 bridgehead atoms. The van der Waals surface area contributed by atoms with Crippen molar-refractivity contribution < 1.29 is 9.90 Å². The molecule has 0 aliphatic carbocycles. The van der Waals surface area contributed by atoms with Crippen molar-refractivity contribution >= 4 is 5.91 Å². The normalized spacial score (nSPS) is 13.3. The van der Waals surface area contributed by atoms with Crippen molar-refractivity contribution in [3.8, 4) is 5.75 Å². The Morgan fingerprint density at radius 3 is 2.39 bits per heavy atom. The summed E-state index contributed by atoms with van der Waals surface area (Å²) >= 11 is 0. The van der Waals surface area contributed by atoms with Crippen molar-refractivity contribution in [2.24, 2.45) is 11.1 Å². The minimum atomic E-state index is -0.565. The lowest BCUT2D eigenvalue weighted by Gasteiger charge is -2.25. The molecule has 0 saturated carbocycles. The number of hydrogen-bond acceptors (Lipinski definition) is 3. The summed E-state index contributed by atoms with van der Waals surface area (Å²) in [6.45, 7) is 6.25. The molecule has 1 unspecified atom stereocenters. The van der Waals surface area contributed by atoms with Crippen LogP contribution >= 0.6 is 0 Å². The number of aromatic hydroxyl groups is 1. The second-order valence-electron chi connectivity index (χ2n) is 5.18. The van der Waals surface area contributed by atoms with Gasteiger partial charge in [0, 0.05) is 12.6 Å². The van der Waals surface area contributed by atoms with E-state index >= 15 is 0 Å². The Bertz CT molecular complexity index is 399. The molecule has 0 aliphatic heterocycles. The van der Waals surface area contributed by atoms with E-state index in [1.165, 1.54) is 0 Å². The van der Waals surface area contributed by atoms with Gasteiger partial charge < -0.3 is 16.2 Å². The van der Waals surface area contributed by atoms with Gasteiger partial charge in [-0.3, -0.25) is 4.79 Å². The molecule has 18 heavy (non-hydrogen) atoms. The van der Waals surface area contributed by atoms with Crippen LogP contribution in [0, 0.1) is 5.41 Å². The van der Waals surface area contributed by atoms with Crippen LogP contribution in [0.1, 0.15) is 38.8 Å². The van der Waals surface area contributed by atoms with E-state index in [1.807, 2.05) is 26.0 Å². The van der Waals surface area contributed by atoms with Crippen molar-refractivity contribution in [1.82, 2.24) is 5.32 Å². The molecular formula is C14H22N2O2. The van der Waals surface area contributed by atoms with Gasteiger partial charge in [-0.2, -0.15) is 0 Å². The van der Waals surface area contributed by atoms with E-state index in [2.05, 4.69) is 12.2 Å². The van der Waals surface area contributed by atoms with Crippen LogP contribution in [-0.2, 0) is 4.79 Å². The molecule has 4 N–H and O–H groups in total. The zero-order valence-electron chi connectivity index (χ0n) is 11.2. The van der Waals surface area contributed by atoms with Crippen molar-refractivity contribution in [3.05, 3.63) is 29.8 Å². The van der Waals surface area contributed by atoms with E-state index in [-0.39, 0.29) is 17.7 Å². The van der Waals surface area contributed by atoms with Crippen molar-refractivity contribution in [1.29, 1.82) is 0 Å². The predicted molar refractivity (Wildman–Crippen MR) is 72.1 cm³/mol. The Balaban J connectivity index is 2.68. The molecule has 4 nitrogen and oxygen atoms in total. The number of benzene rings is 1. The highest BCUT2D eigenvalue weighted by Gasteiger charge is 2.25. The molecule has 1 aromatic carbocycles. The zero-order chi connectivity index (χ0) is 13.8. The van der Waals surface area contributed by atoms with E-state index in [9.17, 15) is 9.90 Å². The predicted octanol–water partition coefficient (Wildman–Crippen LogP) is 1.94. The quantitative estimate of drug-likeness (QED) is 0.722. The maximum Gasteiger partial charge on any atom is 0.224 e. The minimum absolute atomic E-state index is 0.157. The number of phenols is 1. The SMILES string of the molecule is CCC(NCC(C)(C)C(N)=O)c1ccc(O)cc1. The summed E-state index contributed by atoms with van der Waals surface area (Å²) in [6.07, 6.45) is 0.902. The number of carbonyl (C=O) groups excluding carboxylic acids is 1. The molecule has 1 atom stereocenters. The third kappa shape index (κ3) is 3.74. The molecule has 0 aromatic heterocycles. The maximum absolute atomic E-state index is 11.3. The number of rotatable bonds is 6. The summed E-state index contributed by atoms with van der Waals surface area (Å²) in [5, 5.41) is 12.6. The topological polar surface area (TPSA) is 75.3 Å². The van der Waals surface area contributed by atoms with Gasteiger partial charge in [-0.1, -0.05) is 19.1 Å². The third-order valence-electron chi connectivity index (χ3n) is 3.16. The molecule has 100 valence electrons. The van der Waals surface area contributed by atoms with Crippen LogP contribution in [0.5, 0.6) is 5.75 Å². The van der Waals surface area contributed by atoms with Crippen LogP contribution in [0.3, 0.4) is 0 Å². The van der Waals surface area contributed by atoms with E-state index < -0.39 is 5.41 Å². The third-order valence-corrected chi connectivity index (χ3v) is 3.16. The summed E-state index contributed by atoms with van der Waals surface area (Å²) in [5.74, 6) is -0.0540. The lowest BCUT2D eigenvalue weighted by atomic mass is 9.91. The van der Waals surface area contributed by atoms with Gasteiger partial charge in [-0.05, 0) is 38.0 Å². The van der Waals surface area contributed by atoms with Gasteiger partial charge in [-0.15, -0.1) is 0 Å². The van der Waals surface area contributed by atoms with Crippen LogP contribution in [0.15, 0.2) is 24.3 Å². The lowest BCUT2D eigenvalue weighted by molar-refractivity contribution is -0.125. The number of phenolic OH excluding ortho intramolecular Hbond substituents is 1. The largest absolute Gasteiger partial charge is 0.508 e. The van der Waals surface area contributed by atoms with E-state index in [1.54, 1.807) is 12.1 Å². The molecule has 1 aromatic rings. The number of primary amides is 1. The van der Waals surface area contributed by atoms with Gasteiger partial charge in [0.2, 0.25) is 5.91 Å². The molecule has 0 saturated heterocycles. The number of carbonyl (C=O) groups is 1. The average molecular weight is 250 g/mol. The summed E-state index contributed by atoms with van der Waals surface area (Å²) in [5.41, 5.74) is 5.87. The highest BCUT2D eigenvalue weighted by atomic mass is 16.3. The Hall–Kier alpha value is -1.55. The first-order chi connectivity index (χ1) is 8.36. The Morgan fingerprint density at radius 2 is 1.94 bits per heavy atom. The monoisotopic (exact) mass is 250 g/mol. The smallest absolute Gasteiger partial charge is 0.224 e. The van der Waals surface area contributed by atoms with Gasteiger partial charge in [0.1, 0.15) is 5.75 Å². The lowest BCUT2D eigenvalue weighted by Crippen LogP contribution is -2.41. The maximum atomic E-state index is 11.3. The molecule has 0 spiro atoms. The van der Waals surface area contributed by atoms with Crippen LogP contribution < -0.4 is 11.1 Å². The van der Waals surface area contributed by atoms with E-state index in [0.717, 1.165) is 12.0 Å². The fourth-order valence-electron chi connectivity index (χ4n) is 1.67. The molecule has 1 amide bonds. The molecule has 0 radical (unpaired) electrons. The van der Waals surface area contributed by atoms with Crippen LogP contribution in [0.4, 0.5) is 0 Å². The summed E-state index contributed by atoms with van der Waals surface area (Å²) in [4.78, 5) is 11.3. The van der Waals surface area contributed by atoms with Crippen LogP contribution in [0.25, 0.3) is 0 Å². The molecule has 0 heterocycles. The Labute approximate surface area is 108 Å². The second kappa shape index (κ2) is 5.87. The highest BCUT2D eigenvalue weighted by Crippen LogP contribution is 2.21. The summed E-state index contributed by atoms with van der Waals surface area (Å²) in [7, 11) is 0. The van der Waals surface area contributed by atoms with Crippen molar-refractivity contribution in [2.75, 3.05) is 6.54 Å². The van der Waals surface area contributed by atoms with E-state index in [4.69, 9.17) is 5.73 Å². The molecule has 0 fully saturated rings. The fraction of sp³-hybridized carbons (Fsp3) is 0.500. The van der Waals surface area contributed by atoms with Crippen molar-refractivity contribution in [2.45, 2.75) is 33.2 Å². The number of hydrogen-bond donors (Lipinski definition) is 3. The zero-order valence-corrected chi connectivity index (χ0v) is 11.2. The van der Waals surface area contributed by atoms with Crippen LogP contribution in [-0.4, -0.2) is 17.6 Å². The van der Waals surface area contributed by atoms with Gasteiger partial charge in [0.25, 0.3) is 0 Å². The van der Waals surface area contributed by atoms with Crippen molar-refractivity contribution in [3.63, 3.8) is 0 Å². The standard InChI is InChI=1S/C14H22N2O2/c1-4-12(10-5-7-11(17)8-6-10)16-9-14(2,3)13(15)18/h5-8,12,16-17H,4,9H2,1-3H3,(H2,15,18). The molecule has 1 rings (SSSR count). The van der Waals surface area contributed by atoms with E-state index in [0.29, 0.717) is 6.54 Å².